The second-order valence-electron chi connectivity index (χ2n) is 7.44. The number of carbonyl (C=O) groups is 1. The zero-order valence-corrected chi connectivity index (χ0v) is 17.8. The molecule has 0 radical (unpaired) electrons. The first-order valence-electron chi connectivity index (χ1n) is 9.94. The van der Waals surface area contributed by atoms with Gasteiger partial charge in [0.15, 0.2) is 0 Å². The summed E-state index contributed by atoms with van der Waals surface area (Å²) in [6.45, 7) is 8.40. The SMILES string of the molecule is C=CC(=O)OCCCCCCCCCCCCCCC[Si](C)(C)Cl. The maximum atomic E-state index is 10.8. The lowest BCUT2D eigenvalue weighted by molar-refractivity contribution is -0.137. The van der Waals surface area contributed by atoms with Crippen molar-refractivity contribution < 1.29 is 9.53 Å². The van der Waals surface area contributed by atoms with Crippen LogP contribution in [0.1, 0.15) is 83.5 Å². The van der Waals surface area contributed by atoms with E-state index in [1.807, 2.05) is 0 Å². The number of carbonyl (C=O) groups excluding carboxylic acids is 1. The molecule has 24 heavy (non-hydrogen) atoms. The van der Waals surface area contributed by atoms with Gasteiger partial charge in [-0.1, -0.05) is 96.7 Å². The highest BCUT2D eigenvalue weighted by Gasteiger charge is 2.15. The molecule has 0 amide bonds. The van der Waals surface area contributed by atoms with E-state index in [0.29, 0.717) is 6.61 Å². The lowest BCUT2D eigenvalue weighted by atomic mass is 10.0. The summed E-state index contributed by atoms with van der Waals surface area (Å²) in [5, 5.41) is 0. The quantitative estimate of drug-likeness (QED) is 0.0881. The summed E-state index contributed by atoms with van der Waals surface area (Å²) in [5.74, 6) is -0.306. The molecule has 0 spiro atoms. The van der Waals surface area contributed by atoms with Crippen molar-refractivity contribution in [2.75, 3.05) is 6.61 Å². The molecular weight excluding hydrogens is 336 g/mol. The van der Waals surface area contributed by atoms with Gasteiger partial charge in [0, 0.05) is 6.08 Å². The highest BCUT2D eigenvalue weighted by molar-refractivity contribution is 7.19. The van der Waals surface area contributed by atoms with E-state index in [1.165, 1.54) is 82.7 Å². The second kappa shape index (κ2) is 16.2. The predicted octanol–water partition coefficient (Wildman–Crippen LogP) is 7.23. The van der Waals surface area contributed by atoms with Gasteiger partial charge in [-0.05, 0) is 12.5 Å². The molecule has 0 unspecified atom stereocenters. The first-order valence-corrected chi connectivity index (χ1v) is 14.2. The summed E-state index contributed by atoms with van der Waals surface area (Å²) in [6.07, 6.45) is 18.3. The minimum absolute atomic E-state index is 0.306. The normalized spacial score (nSPS) is 11.5. The molecule has 0 aliphatic carbocycles. The van der Waals surface area contributed by atoms with Crippen molar-refractivity contribution in [3.8, 4) is 0 Å². The summed E-state index contributed by atoms with van der Waals surface area (Å²) in [5.41, 5.74) is 0. The standard InChI is InChI=1S/C20H39ClO2Si/c1-4-20(22)23-18-16-14-12-10-8-6-5-7-9-11-13-15-17-19-24(2,3)21/h4H,1,5-19H2,2-3H3. The monoisotopic (exact) mass is 374 g/mol. The average molecular weight is 375 g/mol. The van der Waals surface area contributed by atoms with E-state index in [1.54, 1.807) is 0 Å². The molecule has 0 aliphatic heterocycles. The van der Waals surface area contributed by atoms with Crippen LogP contribution < -0.4 is 0 Å². The third-order valence-electron chi connectivity index (χ3n) is 4.33. The van der Waals surface area contributed by atoms with Crippen molar-refractivity contribution >= 4 is 24.4 Å². The average Bonchev–Trinajstić information content (AvgIpc) is 2.53. The molecule has 0 rings (SSSR count). The molecule has 2 nitrogen and oxygen atoms in total. The lowest BCUT2D eigenvalue weighted by Crippen LogP contribution is -2.14. The van der Waals surface area contributed by atoms with E-state index in [4.69, 9.17) is 15.8 Å². The van der Waals surface area contributed by atoms with E-state index in [9.17, 15) is 4.79 Å². The smallest absolute Gasteiger partial charge is 0.330 e. The van der Waals surface area contributed by atoms with Crippen LogP contribution in [0.3, 0.4) is 0 Å². The number of hydrogen-bond donors (Lipinski definition) is 0. The number of esters is 1. The maximum absolute atomic E-state index is 10.8. The molecule has 0 atom stereocenters. The third kappa shape index (κ3) is 19.8. The molecule has 0 aromatic rings. The number of unbranched alkanes of at least 4 members (excludes halogenated alkanes) is 12. The van der Waals surface area contributed by atoms with Crippen LogP contribution in [0.5, 0.6) is 0 Å². The van der Waals surface area contributed by atoms with Gasteiger partial charge in [0.05, 0.1) is 6.61 Å². The van der Waals surface area contributed by atoms with Crippen LogP contribution in [-0.4, -0.2) is 20.0 Å². The van der Waals surface area contributed by atoms with Crippen LogP contribution >= 0.6 is 11.1 Å². The molecule has 4 heteroatoms. The molecule has 0 bridgehead atoms. The summed E-state index contributed by atoms with van der Waals surface area (Å²) >= 11 is 6.33. The van der Waals surface area contributed by atoms with E-state index < -0.39 is 7.38 Å². The van der Waals surface area contributed by atoms with Gasteiger partial charge in [-0.3, -0.25) is 0 Å². The third-order valence-corrected chi connectivity index (χ3v) is 6.44. The van der Waals surface area contributed by atoms with Crippen molar-refractivity contribution in [3.05, 3.63) is 12.7 Å². The van der Waals surface area contributed by atoms with Crippen LogP contribution in [0.4, 0.5) is 0 Å². The minimum Gasteiger partial charge on any atom is -0.463 e. The number of rotatable bonds is 17. The van der Waals surface area contributed by atoms with E-state index in [0.717, 1.165) is 12.8 Å². The topological polar surface area (TPSA) is 26.3 Å². The molecule has 142 valence electrons. The fourth-order valence-electron chi connectivity index (χ4n) is 2.82. The van der Waals surface area contributed by atoms with Crippen LogP contribution in [0.15, 0.2) is 12.7 Å². The van der Waals surface area contributed by atoms with Crippen LogP contribution in [0, 0.1) is 0 Å². The summed E-state index contributed by atoms with van der Waals surface area (Å²) in [6, 6.07) is 1.27. The Kier molecular flexibility index (Phi) is 16.0. The molecular formula is C20H39ClO2Si. The van der Waals surface area contributed by atoms with Crippen LogP contribution in [-0.2, 0) is 9.53 Å². The molecule has 0 N–H and O–H groups in total. The molecule has 0 heterocycles. The van der Waals surface area contributed by atoms with Crippen molar-refractivity contribution in [2.24, 2.45) is 0 Å². The van der Waals surface area contributed by atoms with Gasteiger partial charge in [-0.2, -0.15) is 11.1 Å². The van der Waals surface area contributed by atoms with Gasteiger partial charge in [0.2, 0.25) is 0 Å². The molecule has 0 aliphatic rings. The fourth-order valence-corrected chi connectivity index (χ4v) is 4.32. The fraction of sp³-hybridized carbons (Fsp3) is 0.850. The Labute approximate surface area is 156 Å². The Balaban J connectivity index is 3.08. The molecule has 0 fully saturated rings. The van der Waals surface area contributed by atoms with Crippen molar-refractivity contribution in [1.29, 1.82) is 0 Å². The molecule has 0 aromatic carbocycles. The van der Waals surface area contributed by atoms with Gasteiger partial charge < -0.3 is 4.74 Å². The lowest BCUT2D eigenvalue weighted by Gasteiger charge is -2.11. The summed E-state index contributed by atoms with van der Waals surface area (Å²) in [7, 11) is -1.32. The minimum atomic E-state index is -1.32. The van der Waals surface area contributed by atoms with Crippen LogP contribution in [0.25, 0.3) is 0 Å². The van der Waals surface area contributed by atoms with Crippen molar-refractivity contribution in [1.82, 2.24) is 0 Å². The van der Waals surface area contributed by atoms with E-state index in [2.05, 4.69) is 19.7 Å². The zero-order valence-electron chi connectivity index (χ0n) is 16.1. The predicted molar refractivity (Wildman–Crippen MR) is 109 cm³/mol. The Morgan fingerprint density at radius 2 is 1.21 bits per heavy atom. The first-order chi connectivity index (χ1) is 11.5. The number of halogens is 1. The summed E-state index contributed by atoms with van der Waals surface area (Å²) in [4.78, 5) is 10.8. The van der Waals surface area contributed by atoms with Gasteiger partial charge in [-0.15, -0.1) is 0 Å². The molecule has 0 aromatic heterocycles. The van der Waals surface area contributed by atoms with Gasteiger partial charge in [-0.25, -0.2) is 4.79 Å². The first kappa shape index (κ1) is 23.7. The molecule has 0 saturated carbocycles. The van der Waals surface area contributed by atoms with Crippen molar-refractivity contribution in [3.63, 3.8) is 0 Å². The maximum Gasteiger partial charge on any atom is 0.330 e. The Bertz CT molecular complexity index is 313. The van der Waals surface area contributed by atoms with Gasteiger partial charge in [0.1, 0.15) is 7.38 Å². The molecule has 0 saturated heterocycles. The Morgan fingerprint density at radius 3 is 1.58 bits per heavy atom. The number of hydrogen-bond acceptors (Lipinski definition) is 2. The highest BCUT2D eigenvalue weighted by Crippen LogP contribution is 2.19. The van der Waals surface area contributed by atoms with E-state index in [-0.39, 0.29) is 5.97 Å². The second-order valence-corrected chi connectivity index (χ2v) is 14.4. The van der Waals surface area contributed by atoms with Crippen LogP contribution in [0.2, 0.25) is 19.1 Å². The van der Waals surface area contributed by atoms with E-state index >= 15 is 0 Å². The van der Waals surface area contributed by atoms with Crippen molar-refractivity contribution in [2.45, 2.75) is 103 Å². The largest absolute Gasteiger partial charge is 0.463 e. The number of ether oxygens (including phenoxy) is 1. The van der Waals surface area contributed by atoms with Gasteiger partial charge >= 0.3 is 5.97 Å². The summed E-state index contributed by atoms with van der Waals surface area (Å²) < 4.78 is 4.95. The Morgan fingerprint density at radius 1 is 0.833 bits per heavy atom. The highest BCUT2D eigenvalue weighted by atomic mass is 35.6. The zero-order chi connectivity index (χ0) is 18.1. The Hall–Kier alpha value is -0.283. The van der Waals surface area contributed by atoms with Gasteiger partial charge in [0.25, 0.3) is 0 Å².